The van der Waals surface area contributed by atoms with E-state index in [1.54, 1.807) is 0 Å². The van der Waals surface area contributed by atoms with Gasteiger partial charge in [0.1, 0.15) is 0 Å². The quantitative estimate of drug-likeness (QED) is 0.905. The van der Waals surface area contributed by atoms with Crippen LogP contribution in [-0.4, -0.2) is 39.4 Å². The van der Waals surface area contributed by atoms with E-state index in [0.29, 0.717) is 23.3 Å². The number of halogens is 4. The maximum Gasteiger partial charge on any atom is 0.416 e. The Labute approximate surface area is 124 Å². The van der Waals surface area contributed by atoms with Crippen LogP contribution in [0, 0.1) is 0 Å². The molecule has 0 aromatic heterocycles. The molecule has 0 bridgehead atoms. The second-order valence-corrected chi connectivity index (χ2v) is 5.60. The summed E-state index contributed by atoms with van der Waals surface area (Å²) in [4.78, 5) is 1.89. The van der Waals surface area contributed by atoms with E-state index in [2.05, 4.69) is 21.2 Å². The zero-order chi connectivity index (χ0) is 14.8. The molecule has 1 heterocycles. The normalized spacial score (nSPS) is 19.9. The summed E-state index contributed by atoms with van der Waals surface area (Å²) < 4.78 is 43.8. The number of rotatable bonds is 3. The van der Waals surface area contributed by atoms with Crippen molar-refractivity contribution in [2.45, 2.75) is 12.3 Å². The van der Waals surface area contributed by atoms with Crippen LogP contribution < -0.4 is 10.2 Å². The fourth-order valence-corrected chi connectivity index (χ4v) is 2.82. The van der Waals surface area contributed by atoms with Crippen LogP contribution in [0.25, 0.3) is 0 Å². The number of anilines is 1. The summed E-state index contributed by atoms with van der Waals surface area (Å²) in [7, 11) is 1.84. The van der Waals surface area contributed by atoms with Crippen molar-refractivity contribution in [1.82, 2.24) is 5.32 Å². The van der Waals surface area contributed by atoms with Crippen molar-refractivity contribution < 1.29 is 17.9 Å². The highest BCUT2D eigenvalue weighted by Crippen LogP contribution is 2.35. The summed E-state index contributed by atoms with van der Waals surface area (Å²) in [6.45, 7) is 2.87. The highest BCUT2D eigenvalue weighted by atomic mass is 79.9. The smallest absolute Gasteiger partial charge is 0.374 e. The summed E-state index contributed by atoms with van der Waals surface area (Å²) in [5.74, 6) is 0. The molecule has 1 unspecified atom stereocenters. The first-order valence-corrected chi connectivity index (χ1v) is 7.07. The average molecular weight is 353 g/mol. The minimum Gasteiger partial charge on any atom is -0.374 e. The number of hydrogen-bond acceptors (Lipinski definition) is 3. The average Bonchev–Trinajstić information content (AvgIpc) is 2.38. The number of nitrogens with zero attached hydrogens (tertiary/aromatic N) is 1. The predicted octanol–water partition coefficient (Wildman–Crippen LogP) is 2.89. The highest BCUT2D eigenvalue weighted by Gasteiger charge is 2.31. The van der Waals surface area contributed by atoms with E-state index in [1.807, 2.05) is 11.9 Å². The largest absolute Gasteiger partial charge is 0.416 e. The van der Waals surface area contributed by atoms with Gasteiger partial charge in [0.25, 0.3) is 0 Å². The van der Waals surface area contributed by atoms with Crippen LogP contribution >= 0.6 is 15.9 Å². The summed E-state index contributed by atoms with van der Waals surface area (Å²) in [6, 6.07) is 3.67. The van der Waals surface area contributed by atoms with Gasteiger partial charge < -0.3 is 15.0 Å². The summed E-state index contributed by atoms with van der Waals surface area (Å²) >= 11 is 3.21. The number of nitrogens with one attached hydrogen (secondary N) is 1. The van der Waals surface area contributed by atoms with Crippen molar-refractivity contribution in [2.75, 3.05) is 38.2 Å². The van der Waals surface area contributed by atoms with Crippen LogP contribution in [0.2, 0.25) is 0 Å². The fraction of sp³-hybridized carbons (Fsp3) is 0.538. The minimum absolute atomic E-state index is 0.0444. The molecule has 20 heavy (non-hydrogen) atoms. The lowest BCUT2D eigenvalue weighted by atomic mass is 10.2. The molecule has 2 rings (SSSR count). The van der Waals surface area contributed by atoms with Crippen LogP contribution in [0.15, 0.2) is 22.7 Å². The zero-order valence-corrected chi connectivity index (χ0v) is 12.6. The Morgan fingerprint density at radius 3 is 2.75 bits per heavy atom. The van der Waals surface area contributed by atoms with Crippen LogP contribution in [0.5, 0.6) is 0 Å². The van der Waals surface area contributed by atoms with Gasteiger partial charge in [-0.2, -0.15) is 13.2 Å². The lowest BCUT2D eigenvalue weighted by Crippen LogP contribution is -2.44. The molecular weight excluding hydrogens is 337 g/mol. The van der Waals surface area contributed by atoms with Crippen molar-refractivity contribution in [2.24, 2.45) is 0 Å². The van der Waals surface area contributed by atoms with Crippen LogP contribution in [0.4, 0.5) is 18.9 Å². The molecule has 1 aromatic rings. The third-order valence-electron chi connectivity index (χ3n) is 3.17. The molecule has 3 nitrogen and oxygen atoms in total. The molecular formula is C13H16BrF3N2O. The first-order valence-electron chi connectivity index (χ1n) is 6.28. The van der Waals surface area contributed by atoms with E-state index < -0.39 is 11.7 Å². The Bertz CT molecular complexity index is 461. The molecule has 1 fully saturated rings. The molecule has 0 aliphatic carbocycles. The van der Waals surface area contributed by atoms with Gasteiger partial charge in [0.15, 0.2) is 0 Å². The second kappa shape index (κ2) is 6.32. The SMILES string of the molecule is CN(CC1CNCCO1)c1ccc(C(F)(F)F)cc1Br. The van der Waals surface area contributed by atoms with Gasteiger partial charge in [0.2, 0.25) is 0 Å². The number of benzene rings is 1. The Morgan fingerprint density at radius 2 is 2.20 bits per heavy atom. The molecule has 1 N–H and O–H groups in total. The van der Waals surface area contributed by atoms with Crippen molar-refractivity contribution in [3.8, 4) is 0 Å². The lowest BCUT2D eigenvalue weighted by Gasteiger charge is -2.29. The maximum atomic E-state index is 12.6. The van der Waals surface area contributed by atoms with E-state index in [9.17, 15) is 13.2 Å². The first-order chi connectivity index (χ1) is 9.38. The number of likely N-dealkylation sites (N-methyl/N-ethyl adjacent to an activating group) is 1. The predicted molar refractivity (Wildman–Crippen MR) is 75.0 cm³/mol. The molecule has 1 saturated heterocycles. The topological polar surface area (TPSA) is 24.5 Å². The third kappa shape index (κ3) is 3.86. The fourth-order valence-electron chi connectivity index (χ4n) is 2.13. The van der Waals surface area contributed by atoms with Gasteiger partial charge in [-0.25, -0.2) is 0 Å². The zero-order valence-electron chi connectivity index (χ0n) is 11.0. The molecule has 1 aromatic carbocycles. The molecule has 7 heteroatoms. The number of morpholine rings is 1. The monoisotopic (exact) mass is 352 g/mol. The van der Waals surface area contributed by atoms with Crippen molar-refractivity contribution >= 4 is 21.6 Å². The summed E-state index contributed by atoms with van der Waals surface area (Å²) in [5, 5.41) is 3.22. The van der Waals surface area contributed by atoms with Crippen molar-refractivity contribution in [1.29, 1.82) is 0 Å². The lowest BCUT2D eigenvalue weighted by molar-refractivity contribution is -0.137. The van der Waals surface area contributed by atoms with E-state index >= 15 is 0 Å². The summed E-state index contributed by atoms with van der Waals surface area (Å²) in [6.07, 6.45) is -4.28. The Balaban J connectivity index is 2.07. The number of hydrogen-bond donors (Lipinski definition) is 1. The van der Waals surface area contributed by atoms with Gasteiger partial charge >= 0.3 is 6.18 Å². The van der Waals surface area contributed by atoms with Crippen molar-refractivity contribution in [3.63, 3.8) is 0 Å². The first kappa shape index (κ1) is 15.6. The molecule has 0 spiro atoms. The second-order valence-electron chi connectivity index (χ2n) is 4.74. The molecule has 0 amide bonds. The van der Waals surface area contributed by atoms with E-state index in [-0.39, 0.29) is 6.10 Å². The van der Waals surface area contributed by atoms with Gasteiger partial charge in [0, 0.05) is 31.2 Å². The molecule has 0 radical (unpaired) electrons. The molecule has 1 aliphatic rings. The van der Waals surface area contributed by atoms with Crippen LogP contribution in [-0.2, 0) is 10.9 Å². The van der Waals surface area contributed by atoms with E-state index in [4.69, 9.17) is 4.74 Å². The highest BCUT2D eigenvalue weighted by molar-refractivity contribution is 9.10. The van der Waals surface area contributed by atoms with Gasteiger partial charge in [-0.1, -0.05) is 0 Å². The Morgan fingerprint density at radius 1 is 1.45 bits per heavy atom. The minimum atomic E-state index is -4.32. The molecule has 1 atom stereocenters. The van der Waals surface area contributed by atoms with E-state index in [0.717, 1.165) is 25.2 Å². The summed E-state index contributed by atoms with van der Waals surface area (Å²) in [5.41, 5.74) is 0.0595. The van der Waals surface area contributed by atoms with Crippen LogP contribution in [0.3, 0.4) is 0 Å². The molecule has 1 aliphatic heterocycles. The third-order valence-corrected chi connectivity index (χ3v) is 3.80. The molecule has 0 saturated carbocycles. The number of ether oxygens (including phenoxy) is 1. The Hall–Kier alpha value is -0.790. The van der Waals surface area contributed by atoms with Crippen molar-refractivity contribution in [3.05, 3.63) is 28.2 Å². The van der Waals surface area contributed by atoms with Gasteiger partial charge in [-0.3, -0.25) is 0 Å². The van der Waals surface area contributed by atoms with Gasteiger partial charge in [-0.15, -0.1) is 0 Å². The Kier molecular flexibility index (Phi) is 4.93. The van der Waals surface area contributed by atoms with Crippen LogP contribution in [0.1, 0.15) is 5.56 Å². The van der Waals surface area contributed by atoms with Gasteiger partial charge in [0.05, 0.1) is 24.0 Å². The standard InChI is InChI=1S/C13H16BrF3N2O/c1-19(8-10-7-18-4-5-20-10)12-3-2-9(6-11(12)14)13(15,16)17/h2-3,6,10,18H,4-5,7-8H2,1H3. The van der Waals surface area contributed by atoms with Gasteiger partial charge in [-0.05, 0) is 34.1 Å². The molecule has 112 valence electrons. The van der Waals surface area contributed by atoms with E-state index in [1.165, 1.54) is 6.07 Å². The maximum absolute atomic E-state index is 12.6. The number of alkyl halides is 3.